The first kappa shape index (κ1) is 18.5. The van der Waals surface area contributed by atoms with Gasteiger partial charge in [0.15, 0.2) is 0 Å². The molecule has 1 N–H and O–H groups in total. The van der Waals surface area contributed by atoms with Crippen molar-refractivity contribution in [2.24, 2.45) is 0 Å². The van der Waals surface area contributed by atoms with Crippen molar-refractivity contribution >= 4 is 29.3 Å². The largest absolute Gasteiger partial charge is 0.352 e. The van der Waals surface area contributed by atoms with Crippen LogP contribution in [0.15, 0.2) is 53.4 Å². The molecular formula is C21H24N2O2S. The van der Waals surface area contributed by atoms with Gasteiger partial charge < -0.3 is 10.2 Å². The SMILES string of the molecule is Cc1ccc(CNC(=O)CCC(=O)N2C[C@H](C)Sc3ccccc32)cc1. The Morgan fingerprint density at radius 1 is 1.12 bits per heavy atom. The van der Waals surface area contributed by atoms with Gasteiger partial charge in [0.2, 0.25) is 11.8 Å². The molecule has 2 amide bonds. The van der Waals surface area contributed by atoms with Crippen LogP contribution in [0.5, 0.6) is 0 Å². The number of aryl methyl sites for hydroxylation is 1. The Morgan fingerprint density at radius 2 is 1.85 bits per heavy atom. The number of carbonyl (C=O) groups is 2. The first-order valence-corrected chi connectivity index (χ1v) is 9.79. The van der Waals surface area contributed by atoms with E-state index >= 15 is 0 Å². The number of amides is 2. The van der Waals surface area contributed by atoms with Gasteiger partial charge in [-0.1, -0.05) is 48.9 Å². The van der Waals surface area contributed by atoms with Crippen LogP contribution in [-0.4, -0.2) is 23.6 Å². The normalized spacial score (nSPS) is 16.1. The number of hydrogen-bond acceptors (Lipinski definition) is 3. The second kappa shape index (κ2) is 8.41. The number of rotatable bonds is 5. The summed E-state index contributed by atoms with van der Waals surface area (Å²) in [5.41, 5.74) is 3.21. The third-order valence-electron chi connectivity index (χ3n) is 4.40. The fourth-order valence-electron chi connectivity index (χ4n) is 2.98. The number of benzene rings is 2. The van der Waals surface area contributed by atoms with Crippen LogP contribution in [0.2, 0.25) is 0 Å². The number of anilines is 1. The molecule has 4 nitrogen and oxygen atoms in total. The molecule has 0 bridgehead atoms. The molecule has 1 aliphatic rings. The summed E-state index contributed by atoms with van der Waals surface area (Å²) in [5, 5.41) is 3.24. The number of para-hydroxylation sites is 1. The molecule has 0 spiro atoms. The van der Waals surface area contributed by atoms with Gasteiger partial charge in [0.1, 0.15) is 0 Å². The number of fused-ring (bicyclic) bond motifs is 1. The van der Waals surface area contributed by atoms with Crippen molar-refractivity contribution in [2.45, 2.75) is 43.4 Å². The summed E-state index contributed by atoms with van der Waals surface area (Å²) in [6.45, 7) is 5.33. The lowest BCUT2D eigenvalue weighted by atomic mass is 10.1. The lowest BCUT2D eigenvalue weighted by molar-refractivity contribution is -0.125. The molecule has 0 saturated carbocycles. The van der Waals surface area contributed by atoms with Gasteiger partial charge in [0, 0.05) is 36.1 Å². The van der Waals surface area contributed by atoms with Crippen LogP contribution >= 0.6 is 11.8 Å². The third kappa shape index (κ3) is 4.67. The van der Waals surface area contributed by atoms with Crippen LogP contribution in [0, 0.1) is 6.92 Å². The summed E-state index contributed by atoms with van der Waals surface area (Å²) in [5.74, 6) is -0.0817. The average molecular weight is 369 g/mol. The van der Waals surface area contributed by atoms with E-state index in [4.69, 9.17) is 0 Å². The van der Waals surface area contributed by atoms with E-state index in [0.29, 0.717) is 18.3 Å². The van der Waals surface area contributed by atoms with Gasteiger partial charge in [-0.2, -0.15) is 0 Å². The second-order valence-corrected chi connectivity index (χ2v) is 8.14. The zero-order chi connectivity index (χ0) is 18.5. The van der Waals surface area contributed by atoms with Crippen molar-refractivity contribution in [1.82, 2.24) is 5.32 Å². The molecular weight excluding hydrogens is 344 g/mol. The van der Waals surface area contributed by atoms with Gasteiger partial charge in [-0.15, -0.1) is 11.8 Å². The van der Waals surface area contributed by atoms with E-state index in [-0.39, 0.29) is 24.7 Å². The van der Waals surface area contributed by atoms with Crippen molar-refractivity contribution in [2.75, 3.05) is 11.4 Å². The lowest BCUT2D eigenvalue weighted by Crippen LogP contribution is -2.39. The summed E-state index contributed by atoms with van der Waals surface area (Å²) in [6, 6.07) is 16.0. The summed E-state index contributed by atoms with van der Waals surface area (Å²) in [6.07, 6.45) is 0.441. The minimum atomic E-state index is -0.0911. The second-order valence-electron chi connectivity index (χ2n) is 6.66. The molecule has 0 saturated heterocycles. The highest BCUT2D eigenvalue weighted by Crippen LogP contribution is 2.38. The zero-order valence-electron chi connectivity index (χ0n) is 15.2. The standard InChI is InChI=1S/C21H24N2O2S/c1-15-7-9-17(10-8-15)13-22-20(24)11-12-21(25)23-14-16(2)26-19-6-4-3-5-18(19)23/h3-10,16H,11-14H2,1-2H3,(H,22,24)/t16-/m0/s1. The van der Waals surface area contributed by atoms with Crippen LogP contribution in [0.25, 0.3) is 0 Å². The number of carbonyl (C=O) groups excluding carboxylic acids is 2. The first-order valence-electron chi connectivity index (χ1n) is 8.91. The molecule has 5 heteroatoms. The Balaban J connectivity index is 1.52. The minimum Gasteiger partial charge on any atom is -0.352 e. The Labute approximate surface area is 159 Å². The maximum atomic E-state index is 12.7. The maximum absolute atomic E-state index is 12.7. The highest BCUT2D eigenvalue weighted by atomic mass is 32.2. The fourth-order valence-corrected chi connectivity index (χ4v) is 4.09. The number of nitrogens with one attached hydrogen (secondary N) is 1. The van der Waals surface area contributed by atoms with E-state index in [9.17, 15) is 9.59 Å². The van der Waals surface area contributed by atoms with Crippen molar-refractivity contribution in [1.29, 1.82) is 0 Å². The molecule has 1 heterocycles. The molecule has 0 aromatic heterocycles. The number of hydrogen-bond donors (Lipinski definition) is 1. The summed E-state index contributed by atoms with van der Waals surface area (Å²) in [4.78, 5) is 27.7. The summed E-state index contributed by atoms with van der Waals surface area (Å²) < 4.78 is 0. The van der Waals surface area contributed by atoms with E-state index < -0.39 is 0 Å². The molecule has 0 unspecified atom stereocenters. The molecule has 1 atom stereocenters. The fraction of sp³-hybridized carbons (Fsp3) is 0.333. The van der Waals surface area contributed by atoms with E-state index in [1.807, 2.05) is 60.4 Å². The molecule has 3 rings (SSSR count). The topological polar surface area (TPSA) is 49.4 Å². The van der Waals surface area contributed by atoms with Crippen LogP contribution < -0.4 is 10.2 Å². The molecule has 0 fully saturated rings. The van der Waals surface area contributed by atoms with Gasteiger partial charge in [-0.25, -0.2) is 0 Å². The van der Waals surface area contributed by atoms with Crippen LogP contribution in [0.1, 0.15) is 30.9 Å². The molecule has 0 aliphatic carbocycles. The van der Waals surface area contributed by atoms with Crippen LogP contribution in [0.3, 0.4) is 0 Å². The van der Waals surface area contributed by atoms with Gasteiger partial charge >= 0.3 is 0 Å². The van der Waals surface area contributed by atoms with Crippen molar-refractivity contribution in [3.8, 4) is 0 Å². The summed E-state index contributed by atoms with van der Waals surface area (Å²) in [7, 11) is 0. The van der Waals surface area contributed by atoms with Gasteiger partial charge in [-0.05, 0) is 24.6 Å². The highest BCUT2D eigenvalue weighted by molar-refractivity contribution is 8.00. The Bertz CT molecular complexity index is 789. The van der Waals surface area contributed by atoms with E-state index in [0.717, 1.165) is 16.1 Å². The molecule has 136 valence electrons. The van der Waals surface area contributed by atoms with Crippen molar-refractivity contribution in [3.63, 3.8) is 0 Å². The predicted octanol–water partition coefficient (Wildman–Crippen LogP) is 3.92. The molecule has 1 aliphatic heterocycles. The Hall–Kier alpha value is -2.27. The van der Waals surface area contributed by atoms with Crippen molar-refractivity contribution < 1.29 is 9.59 Å². The van der Waals surface area contributed by atoms with Crippen LogP contribution in [-0.2, 0) is 16.1 Å². The smallest absolute Gasteiger partial charge is 0.227 e. The van der Waals surface area contributed by atoms with Gasteiger partial charge in [0.25, 0.3) is 0 Å². The third-order valence-corrected chi connectivity index (χ3v) is 5.55. The van der Waals surface area contributed by atoms with E-state index in [2.05, 4.69) is 12.2 Å². The predicted molar refractivity (Wildman–Crippen MR) is 106 cm³/mol. The van der Waals surface area contributed by atoms with Crippen LogP contribution in [0.4, 0.5) is 5.69 Å². The van der Waals surface area contributed by atoms with E-state index in [1.165, 1.54) is 5.56 Å². The van der Waals surface area contributed by atoms with Crippen molar-refractivity contribution in [3.05, 3.63) is 59.7 Å². The highest BCUT2D eigenvalue weighted by Gasteiger charge is 2.26. The van der Waals surface area contributed by atoms with Gasteiger partial charge in [0.05, 0.1) is 5.69 Å². The number of thioether (sulfide) groups is 1. The molecule has 2 aromatic carbocycles. The Kier molecular flexibility index (Phi) is 5.99. The molecule has 26 heavy (non-hydrogen) atoms. The maximum Gasteiger partial charge on any atom is 0.227 e. The monoisotopic (exact) mass is 368 g/mol. The van der Waals surface area contributed by atoms with Gasteiger partial charge in [-0.3, -0.25) is 9.59 Å². The lowest BCUT2D eigenvalue weighted by Gasteiger charge is -2.32. The number of nitrogens with zero attached hydrogens (tertiary/aromatic N) is 1. The average Bonchev–Trinajstić information content (AvgIpc) is 2.65. The van der Waals surface area contributed by atoms with E-state index in [1.54, 1.807) is 11.8 Å². The minimum absolute atomic E-state index is 0.00934. The zero-order valence-corrected chi connectivity index (χ0v) is 16.0. The molecule has 2 aromatic rings. The Morgan fingerprint density at radius 3 is 2.62 bits per heavy atom. The first-order chi connectivity index (χ1) is 12.5. The quantitative estimate of drug-likeness (QED) is 0.870. The summed E-state index contributed by atoms with van der Waals surface area (Å²) >= 11 is 1.79. The molecule has 0 radical (unpaired) electrons.